The van der Waals surface area contributed by atoms with Crippen molar-refractivity contribution in [3.63, 3.8) is 0 Å². The molecule has 0 saturated carbocycles. The van der Waals surface area contributed by atoms with Crippen molar-refractivity contribution in [2.45, 2.75) is 26.4 Å². The summed E-state index contributed by atoms with van der Waals surface area (Å²) >= 11 is 1.62. The minimum atomic E-state index is -0.451. The second-order valence-corrected chi connectivity index (χ2v) is 7.84. The van der Waals surface area contributed by atoms with E-state index in [1.54, 1.807) is 18.4 Å². The van der Waals surface area contributed by atoms with Gasteiger partial charge in [0.1, 0.15) is 11.8 Å². The monoisotopic (exact) mass is 395 g/mol. The number of nitrogens with zero attached hydrogens (tertiary/aromatic N) is 2. The average Bonchev–Trinajstić information content (AvgIpc) is 3.07. The molecule has 1 atom stereocenters. The highest BCUT2D eigenvalue weighted by molar-refractivity contribution is 7.09. The Balaban J connectivity index is 1.88. The summed E-state index contributed by atoms with van der Waals surface area (Å²) in [5.74, 6) is 0.535. The van der Waals surface area contributed by atoms with Gasteiger partial charge in [-0.2, -0.15) is 0 Å². The molecular weight excluding hydrogens is 370 g/mol. The fourth-order valence-corrected chi connectivity index (χ4v) is 3.79. The summed E-state index contributed by atoms with van der Waals surface area (Å²) in [7, 11) is 3.55. The summed E-state index contributed by atoms with van der Waals surface area (Å²) in [6.07, 6.45) is 0. The van der Waals surface area contributed by atoms with E-state index >= 15 is 0 Å². The Bertz CT molecular complexity index is 940. The predicted octanol–water partition coefficient (Wildman–Crippen LogP) is 4.58. The minimum Gasteiger partial charge on any atom is -0.495 e. The zero-order valence-electron chi connectivity index (χ0n) is 16.6. The van der Waals surface area contributed by atoms with Crippen molar-refractivity contribution in [3.8, 4) is 5.75 Å². The van der Waals surface area contributed by atoms with Crippen molar-refractivity contribution >= 4 is 22.9 Å². The fraction of sp³-hybridized carbons (Fsp3) is 0.273. The molecule has 0 aliphatic rings. The fourth-order valence-electron chi connectivity index (χ4n) is 3.19. The minimum absolute atomic E-state index is 0.107. The Morgan fingerprint density at radius 1 is 1.21 bits per heavy atom. The highest BCUT2D eigenvalue weighted by atomic mass is 32.1. The predicted molar refractivity (Wildman–Crippen MR) is 114 cm³/mol. The van der Waals surface area contributed by atoms with E-state index in [9.17, 15) is 4.79 Å². The number of benzene rings is 2. The second-order valence-electron chi connectivity index (χ2n) is 6.78. The maximum atomic E-state index is 13.3. The van der Waals surface area contributed by atoms with Crippen molar-refractivity contribution in [1.82, 2.24) is 9.88 Å². The van der Waals surface area contributed by atoms with Crippen molar-refractivity contribution in [2.24, 2.45) is 0 Å². The van der Waals surface area contributed by atoms with Crippen LogP contribution in [0.3, 0.4) is 0 Å². The van der Waals surface area contributed by atoms with Crippen LogP contribution in [0.2, 0.25) is 0 Å². The second kappa shape index (κ2) is 8.99. The summed E-state index contributed by atoms with van der Waals surface area (Å²) in [6, 6.07) is 15.1. The van der Waals surface area contributed by atoms with Crippen LogP contribution in [0.5, 0.6) is 5.75 Å². The molecular formula is C22H25N3O2S. The molecule has 0 spiro atoms. The Labute approximate surface area is 170 Å². The quantitative estimate of drug-likeness (QED) is 0.636. The summed E-state index contributed by atoms with van der Waals surface area (Å²) < 4.78 is 5.41. The third-order valence-corrected chi connectivity index (χ3v) is 5.32. The molecule has 3 aromatic rings. The smallest absolute Gasteiger partial charge is 0.246 e. The molecule has 5 nitrogen and oxygen atoms in total. The third kappa shape index (κ3) is 4.77. The third-order valence-electron chi connectivity index (χ3n) is 4.50. The van der Waals surface area contributed by atoms with Crippen LogP contribution < -0.4 is 10.1 Å². The Morgan fingerprint density at radius 3 is 2.61 bits per heavy atom. The Hall–Kier alpha value is -2.70. The van der Waals surface area contributed by atoms with Gasteiger partial charge in [-0.1, -0.05) is 36.4 Å². The van der Waals surface area contributed by atoms with Crippen molar-refractivity contribution in [3.05, 3.63) is 75.7 Å². The number of thiazole rings is 1. The van der Waals surface area contributed by atoms with Crippen LogP contribution >= 0.6 is 11.3 Å². The molecule has 28 heavy (non-hydrogen) atoms. The van der Waals surface area contributed by atoms with Gasteiger partial charge in [0.25, 0.3) is 0 Å². The first-order valence-electron chi connectivity index (χ1n) is 9.09. The molecule has 0 bridgehead atoms. The molecule has 0 fully saturated rings. The lowest BCUT2D eigenvalue weighted by atomic mass is 10.0. The van der Waals surface area contributed by atoms with Gasteiger partial charge in [0.15, 0.2) is 0 Å². The van der Waals surface area contributed by atoms with Gasteiger partial charge in [-0.3, -0.25) is 9.69 Å². The van der Waals surface area contributed by atoms with Crippen LogP contribution in [0.4, 0.5) is 5.69 Å². The molecule has 0 radical (unpaired) electrons. The molecule has 0 saturated heterocycles. The number of anilines is 1. The maximum Gasteiger partial charge on any atom is 0.246 e. The van der Waals surface area contributed by atoms with E-state index in [-0.39, 0.29) is 5.91 Å². The van der Waals surface area contributed by atoms with Crippen LogP contribution in [0.25, 0.3) is 0 Å². The zero-order valence-corrected chi connectivity index (χ0v) is 17.4. The van der Waals surface area contributed by atoms with Gasteiger partial charge in [0.05, 0.1) is 23.5 Å². The lowest BCUT2D eigenvalue weighted by molar-refractivity contribution is -0.121. The number of likely N-dealkylation sites (N-methyl/N-ethyl adjacent to an activating group) is 1. The van der Waals surface area contributed by atoms with Crippen molar-refractivity contribution < 1.29 is 9.53 Å². The van der Waals surface area contributed by atoms with Gasteiger partial charge in [0.2, 0.25) is 5.91 Å². The van der Waals surface area contributed by atoms with Crippen LogP contribution in [0.15, 0.2) is 53.9 Å². The van der Waals surface area contributed by atoms with E-state index in [4.69, 9.17) is 4.74 Å². The van der Waals surface area contributed by atoms with E-state index in [0.717, 1.165) is 21.8 Å². The normalized spacial score (nSPS) is 12.0. The average molecular weight is 396 g/mol. The first-order valence-corrected chi connectivity index (χ1v) is 9.97. The van der Waals surface area contributed by atoms with Crippen molar-refractivity contribution in [2.75, 3.05) is 19.5 Å². The van der Waals surface area contributed by atoms with Crippen LogP contribution in [0, 0.1) is 13.8 Å². The number of methoxy groups -OCH3 is 1. The van der Waals surface area contributed by atoms with E-state index in [1.807, 2.05) is 79.7 Å². The number of carbonyl (C=O) groups excluding carboxylic acids is 1. The van der Waals surface area contributed by atoms with Crippen LogP contribution in [-0.2, 0) is 11.3 Å². The molecule has 1 heterocycles. The van der Waals surface area contributed by atoms with Crippen LogP contribution in [-0.4, -0.2) is 29.9 Å². The van der Waals surface area contributed by atoms with Gasteiger partial charge in [0, 0.05) is 11.9 Å². The standard InChI is InChI=1S/C22H25N3O2S/c1-15-10-11-20(27-4)19(12-15)24-22(26)21(17-8-6-5-7-9-17)25(3)13-18-14-28-16(2)23-18/h5-12,14,21H,13H2,1-4H3,(H,24,26). The SMILES string of the molecule is COc1ccc(C)cc1NC(=O)C(c1ccccc1)N(C)Cc1csc(C)n1. The number of ether oxygens (including phenoxy) is 1. The Morgan fingerprint density at radius 2 is 1.96 bits per heavy atom. The largest absolute Gasteiger partial charge is 0.495 e. The van der Waals surface area contributed by atoms with Crippen molar-refractivity contribution in [1.29, 1.82) is 0 Å². The first-order chi connectivity index (χ1) is 13.5. The summed E-state index contributed by atoms with van der Waals surface area (Å²) in [5.41, 5.74) is 3.62. The molecule has 0 aliphatic heterocycles. The van der Waals surface area contributed by atoms with Gasteiger partial charge < -0.3 is 10.1 Å². The highest BCUT2D eigenvalue weighted by Crippen LogP contribution is 2.29. The summed E-state index contributed by atoms with van der Waals surface area (Å²) in [6.45, 7) is 4.56. The van der Waals surface area contributed by atoms with Crippen LogP contribution in [0.1, 0.15) is 27.9 Å². The summed E-state index contributed by atoms with van der Waals surface area (Å²) in [4.78, 5) is 19.9. The molecule has 0 aliphatic carbocycles. The number of aryl methyl sites for hydroxylation is 2. The topological polar surface area (TPSA) is 54.5 Å². The number of rotatable bonds is 7. The molecule has 1 N–H and O–H groups in total. The van der Waals surface area contributed by atoms with E-state index < -0.39 is 6.04 Å². The first kappa shape index (κ1) is 20.0. The molecule has 1 amide bonds. The number of hydrogen-bond acceptors (Lipinski definition) is 5. The summed E-state index contributed by atoms with van der Waals surface area (Å²) in [5, 5.41) is 6.11. The van der Waals surface area contributed by atoms with Gasteiger partial charge in [-0.25, -0.2) is 4.98 Å². The van der Waals surface area contributed by atoms with Gasteiger partial charge in [-0.15, -0.1) is 11.3 Å². The van der Waals surface area contributed by atoms with E-state index in [0.29, 0.717) is 18.0 Å². The molecule has 1 unspecified atom stereocenters. The maximum absolute atomic E-state index is 13.3. The van der Waals surface area contributed by atoms with Gasteiger partial charge >= 0.3 is 0 Å². The van der Waals surface area contributed by atoms with E-state index in [1.165, 1.54) is 0 Å². The van der Waals surface area contributed by atoms with Gasteiger partial charge in [-0.05, 0) is 44.2 Å². The molecule has 2 aromatic carbocycles. The zero-order chi connectivity index (χ0) is 20.1. The molecule has 3 rings (SSSR count). The lowest BCUT2D eigenvalue weighted by Crippen LogP contribution is -2.34. The molecule has 6 heteroatoms. The number of aromatic nitrogens is 1. The number of carbonyl (C=O) groups is 1. The number of amides is 1. The highest BCUT2D eigenvalue weighted by Gasteiger charge is 2.26. The number of nitrogens with one attached hydrogen (secondary N) is 1. The Kier molecular flexibility index (Phi) is 6.44. The molecule has 146 valence electrons. The number of hydrogen-bond donors (Lipinski definition) is 1. The molecule has 1 aromatic heterocycles. The van der Waals surface area contributed by atoms with E-state index in [2.05, 4.69) is 10.3 Å². The lowest BCUT2D eigenvalue weighted by Gasteiger charge is -2.27.